The van der Waals surface area contributed by atoms with Crippen molar-refractivity contribution in [2.24, 2.45) is 0 Å². The number of sulfonamides is 1. The van der Waals surface area contributed by atoms with Crippen molar-refractivity contribution >= 4 is 27.3 Å². The van der Waals surface area contributed by atoms with Crippen LogP contribution in [0.4, 0.5) is 11.4 Å². The number of hydrogen-bond donors (Lipinski definition) is 3. The molecule has 0 aliphatic carbocycles. The third-order valence-corrected chi connectivity index (χ3v) is 7.56. The summed E-state index contributed by atoms with van der Waals surface area (Å²) >= 11 is 0. The van der Waals surface area contributed by atoms with Crippen LogP contribution in [0.5, 0.6) is 0 Å². The van der Waals surface area contributed by atoms with Crippen LogP contribution >= 0.6 is 0 Å². The Labute approximate surface area is 206 Å². The first-order valence-electron chi connectivity index (χ1n) is 11.8. The van der Waals surface area contributed by atoms with Crippen molar-refractivity contribution in [1.29, 1.82) is 0 Å². The Balaban J connectivity index is 1.76. The van der Waals surface area contributed by atoms with Gasteiger partial charge < -0.3 is 15.7 Å². The van der Waals surface area contributed by atoms with E-state index in [2.05, 4.69) is 16.7 Å². The van der Waals surface area contributed by atoms with Gasteiger partial charge in [-0.05, 0) is 58.9 Å². The fourth-order valence-corrected chi connectivity index (χ4v) is 5.40. The Morgan fingerprint density at radius 2 is 1.86 bits per heavy atom. The van der Waals surface area contributed by atoms with Crippen LogP contribution in [0.1, 0.15) is 34.0 Å². The fourth-order valence-electron chi connectivity index (χ4n) is 4.61. The molecule has 0 aromatic heterocycles. The molecular formula is C27H31N3O4S. The molecule has 1 aliphatic rings. The van der Waals surface area contributed by atoms with Crippen LogP contribution in [0.25, 0.3) is 11.1 Å². The van der Waals surface area contributed by atoms with E-state index in [4.69, 9.17) is 0 Å². The van der Waals surface area contributed by atoms with E-state index in [0.29, 0.717) is 31.5 Å². The summed E-state index contributed by atoms with van der Waals surface area (Å²) in [7, 11) is -3.26. The molecule has 1 amide bonds. The van der Waals surface area contributed by atoms with Crippen LogP contribution in [0.2, 0.25) is 0 Å². The Morgan fingerprint density at radius 1 is 1.09 bits per heavy atom. The minimum atomic E-state index is -3.26. The number of anilines is 2. The number of benzene rings is 3. The number of fused-ring (bicyclic) bond motifs is 1. The molecule has 184 valence electrons. The highest BCUT2D eigenvalue weighted by Crippen LogP contribution is 2.34. The van der Waals surface area contributed by atoms with Gasteiger partial charge in [0.05, 0.1) is 12.9 Å². The van der Waals surface area contributed by atoms with Gasteiger partial charge >= 0.3 is 0 Å². The molecule has 0 radical (unpaired) electrons. The van der Waals surface area contributed by atoms with Crippen LogP contribution in [0.3, 0.4) is 0 Å². The Bertz CT molecular complexity index is 1320. The molecule has 3 aromatic carbocycles. The van der Waals surface area contributed by atoms with Crippen molar-refractivity contribution in [3.63, 3.8) is 0 Å². The average molecular weight is 494 g/mol. The lowest BCUT2D eigenvalue weighted by atomic mass is 9.92. The van der Waals surface area contributed by atoms with Crippen molar-refractivity contribution in [1.82, 2.24) is 9.62 Å². The second-order valence-electron chi connectivity index (χ2n) is 8.66. The molecule has 7 nitrogen and oxygen atoms in total. The molecular weight excluding hydrogens is 462 g/mol. The maximum atomic E-state index is 13.0. The number of hydrogen-bond acceptors (Lipinski definition) is 5. The van der Waals surface area contributed by atoms with Crippen LogP contribution < -0.4 is 10.6 Å². The van der Waals surface area contributed by atoms with E-state index in [9.17, 15) is 18.3 Å². The van der Waals surface area contributed by atoms with E-state index in [1.54, 1.807) is 0 Å². The summed E-state index contributed by atoms with van der Waals surface area (Å²) in [5.74, 6) is -0.226. The number of rotatable bonds is 8. The summed E-state index contributed by atoms with van der Waals surface area (Å²) in [6.45, 7) is 2.87. The van der Waals surface area contributed by atoms with Gasteiger partial charge in [0.1, 0.15) is 0 Å². The molecule has 3 N–H and O–H groups in total. The standard InChI is InChI=1S/C27H31N3O4S/c1-3-22-24(19-8-5-4-6-9-19)16-21(17-25(22)27(32)28-13-15-31)29-26-11-7-10-20-18-30(35(2,33)34)14-12-23(20)26/h4-11,16-17,29,31H,3,12-15,18H2,1-2H3,(H,28,32). The maximum Gasteiger partial charge on any atom is 0.251 e. The molecule has 0 unspecified atom stereocenters. The van der Waals surface area contributed by atoms with Gasteiger partial charge in [-0.1, -0.05) is 49.4 Å². The van der Waals surface area contributed by atoms with Gasteiger partial charge in [-0.15, -0.1) is 0 Å². The van der Waals surface area contributed by atoms with E-state index < -0.39 is 10.0 Å². The van der Waals surface area contributed by atoms with Gasteiger partial charge in [0.25, 0.3) is 5.91 Å². The Morgan fingerprint density at radius 3 is 2.54 bits per heavy atom. The van der Waals surface area contributed by atoms with Gasteiger partial charge in [0.2, 0.25) is 10.0 Å². The third-order valence-electron chi connectivity index (χ3n) is 6.31. The van der Waals surface area contributed by atoms with Crippen molar-refractivity contribution < 1.29 is 18.3 Å². The monoisotopic (exact) mass is 493 g/mol. The fraction of sp³-hybridized carbons (Fsp3) is 0.296. The number of aliphatic hydroxyl groups excluding tert-OH is 1. The number of carbonyl (C=O) groups is 1. The molecule has 0 saturated carbocycles. The summed E-state index contributed by atoms with van der Waals surface area (Å²) in [5.41, 5.74) is 7.23. The van der Waals surface area contributed by atoms with E-state index >= 15 is 0 Å². The second kappa shape index (κ2) is 10.6. The summed E-state index contributed by atoms with van der Waals surface area (Å²) in [5, 5.41) is 15.5. The van der Waals surface area contributed by atoms with Crippen molar-refractivity contribution in [3.8, 4) is 11.1 Å². The molecule has 0 saturated heterocycles. The first-order chi connectivity index (χ1) is 16.8. The van der Waals surface area contributed by atoms with E-state index in [-0.39, 0.29) is 19.1 Å². The first kappa shape index (κ1) is 24.9. The second-order valence-corrected chi connectivity index (χ2v) is 10.6. The highest BCUT2D eigenvalue weighted by Gasteiger charge is 2.25. The smallest absolute Gasteiger partial charge is 0.251 e. The van der Waals surface area contributed by atoms with Crippen molar-refractivity contribution in [3.05, 3.63) is 82.9 Å². The largest absolute Gasteiger partial charge is 0.395 e. The molecule has 3 aromatic rings. The van der Waals surface area contributed by atoms with Crippen LogP contribution in [-0.2, 0) is 29.4 Å². The number of nitrogens with zero attached hydrogens (tertiary/aromatic N) is 1. The predicted molar refractivity (Wildman–Crippen MR) is 139 cm³/mol. The normalized spacial score (nSPS) is 13.8. The molecule has 0 atom stereocenters. The number of nitrogens with one attached hydrogen (secondary N) is 2. The molecule has 0 bridgehead atoms. The van der Waals surface area contributed by atoms with Gasteiger partial charge in [0.15, 0.2) is 0 Å². The SMILES string of the molecule is CCc1c(C(=O)NCCO)cc(Nc2cccc3c2CCN(S(C)(=O)=O)C3)cc1-c1ccccc1. The lowest BCUT2D eigenvalue weighted by molar-refractivity contribution is 0.0944. The van der Waals surface area contributed by atoms with Crippen LogP contribution in [0.15, 0.2) is 60.7 Å². The summed E-state index contributed by atoms with van der Waals surface area (Å²) < 4.78 is 25.6. The number of amides is 1. The lowest BCUT2D eigenvalue weighted by Gasteiger charge is -2.28. The van der Waals surface area contributed by atoms with Crippen LogP contribution in [-0.4, -0.2) is 49.7 Å². The van der Waals surface area contributed by atoms with E-state index in [1.165, 1.54) is 10.6 Å². The number of carbonyl (C=O) groups excluding carboxylic acids is 1. The molecule has 8 heteroatoms. The minimum absolute atomic E-state index is 0.128. The quantitative estimate of drug-likeness (QED) is 0.445. The molecule has 0 spiro atoms. The van der Waals surface area contributed by atoms with Gasteiger partial charge in [0, 0.05) is 36.6 Å². The molecule has 1 aliphatic heterocycles. The van der Waals surface area contributed by atoms with Gasteiger partial charge in [-0.25, -0.2) is 8.42 Å². The predicted octanol–water partition coefficient (Wildman–Crippen LogP) is 3.70. The van der Waals surface area contributed by atoms with Crippen molar-refractivity contribution in [2.45, 2.75) is 26.3 Å². The number of aliphatic hydroxyl groups is 1. The average Bonchev–Trinajstić information content (AvgIpc) is 2.86. The first-order valence-corrected chi connectivity index (χ1v) is 13.6. The topological polar surface area (TPSA) is 98.7 Å². The maximum absolute atomic E-state index is 13.0. The highest BCUT2D eigenvalue weighted by atomic mass is 32.2. The Kier molecular flexibility index (Phi) is 7.54. The zero-order valence-corrected chi connectivity index (χ0v) is 20.9. The highest BCUT2D eigenvalue weighted by molar-refractivity contribution is 7.88. The van der Waals surface area contributed by atoms with Crippen molar-refractivity contribution in [2.75, 3.05) is 31.3 Å². The Hall–Kier alpha value is -3.20. The van der Waals surface area contributed by atoms with E-state index in [0.717, 1.165) is 39.2 Å². The third kappa shape index (κ3) is 5.56. The molecule has 1 heterocycles. The molecule has 0 fully saturated rings. The lowest BCUT2D eigenvalue weighted by Crippen LogP contribution is -2.35. The van der Waals surface area contributed by atoms with E-state index in [1.807, 2.05) is 61.5 Å². The van der Waals surface area contributed by atoms with Gasteiger partial charge in [-0.3, -0.25) is 4.79 Å². The molecule has 4 rings (SSSR count). The minimum Gasteiger partial charge on any atom is -0.395 e. The summed E-state index contributed by atoms with van der Waals surface area (Å²) in [6.07, 6.45) is 2.52. The van der Waals surface area contributed by atoms with Gasteiger partial charge in [-0.2, -0.15) is 4.31 Å². The van der Waals surface area contributed by atoms with Crippen LogP contribution in [0, 0.1) is 0 Å². The molecule has 35 heavy (non-hydrogen) atoms. The zero-order chi connectivity index (χ0) is 25.0. The summed E-state index contributed by atoms with van der Waals surface area (Å²) in [4.78, 5) is 13.0. The summed E-state index contributed by atoms with van der Waals surface area (Å²) in [6, 6.07) is 19.7. The zero-order valence-electron chi connectivity index (χ0n) is 20.0.